The van der Waals surface area contributed by atoms with E-state index in [9.17, 15) is 26.7 Å². The SMILES string of the molecule is O=C(Cc1cccc(C(F)(F)F)c1)NC1CNCCC1c1ccc(F)c(F)c1. The molecule has 2 aromatic carbocycles. The Labute approximate surface area is 158 Å². The first-order valence-corrected chi connectivity index (χ1v) is 8.85. The van der Waals surface area contributed by atoms with Gasteiger partial charge in [0.15, 0.2) is 11.6 Å². The molecule has 2 unspecified atom stereocenters. The van der Waals surface area contributed by atoms with Crippen molar-refractivity contribution in [2.45, 2.75) is 31.0 Å². The first-order valence-electron chi connectivity index (χ1n) is 8.85. The van der Waals surface area contributed by atoms with Crippen LogP contribution < -0.4 is 10.6 Å². The van der Waals surface area contributed by atoms with Crippen molar-refractivity contribution < 1.29 is 26.7 Å². The lowest BCUT2D eigenvalue weighted by atomic mass is 9.86. The van der Waals surface area contributed by atoms with E-state index in [1.54, 1.807) is 0 Å². The summed E-state index contributed by atoms with van der Waals surface area (Å²) in [5.41, 5.74) is 0.0158. The quantitative estimate of drug-likeness (QED) is 0.770. The summed E-state index contributed by atoms with van der Waals surface area (Å²) in [5.74, 6) is -2.55. The van der Waals surface area contributed by atoms with Crippen molar-refractivity contribution in [3.63, 3.8) is 0 Å². The summed E-state index contributed by atoms with van der Waals surface area (Å²) < 4.78 is 65.2. The molecule has 1 heterocycles. The van der Waals surface area contributed by atoms with Gasteiger partial charge in [0.05, 0.1) is 12.0 Å². The fourth-order valence-corrected chi connectivity index (χ4v) is 3.45. The number of rotatable bonds is 4. The van der Waals surface area contributed by atoms with Crippen molar-refractivity contribution in [3.05, 3.63) is 70.8 Å². The van der Waals surface area contributed by atoms with Gasteiger partial charge in [-0.2, -0.15) is 13.2 Å². The molecule has 0 aromatic heterocycles. The van der Waals surface area contributed by atoms with Crippen molar-refractivity contribution in [2.24, 2.45) is 0 Å². The van der Waals surface area contributed by atoms with Gasteiger partial charge in [0.1, 0.15) is 0 Å². The number of benzene rings is 2. The number of carbonyl (C=O) groups excluding carboxylic acids is 1. The molecular weight excluding hydrogens is 379 g/mol. The Morgan fingerprint density at radius 3 is 2.61 bits per heavy atom. The monoisotopic (exact) mass is 398 g/mol. The zero-order chi connectivity index (χ0) is 20.3. The molecule has 0 aliphatic carbocycles. The lowest BCUT2D eigenvalue weighted by Crippen LogP contribution is -2.50. The van der Waals surface area contributed by atoms with Crippen LogP contribution in [0, 0.1) is 11.6 Å². The zero-order valence-corrected chi connectivity index (χ0v) is 14.8. The highest BCUT2D eigenvalue weighted by molar-refractivity contribution is 5.79. The molecule has 3 rings (SSSR count). The number of carbonyl (C=O) groups is 1. The summed E-state index contributed by atoms with van der Waals surface area (Å²) in [6.07, 6.45) is -4.07. The Balaban J connectivity index is 1.70. The molecule has 0 spiro atoms. The topological polar surface area (TPSA) is 41.1 Å². The molecule has 1 saturated heterocycles. The van der Waals surface area contributed by atoms with E-state index in [0.29, 0.717) is 25.1 Å². The lowest BCUT2D eigenvalue weighted by Gasteiger charge is -2.33. The minimum atomic E-state index is -4.47. The van der Waals surface area contributed by atoms with Crippen LogP contribution >= 0.6 is 0 Å². The van der Waals surface area contributed by atoms with E-state index in [4.69, 9.17) is 0 Å². The molecule has 1 fully saturated rings. The minimum Gasteiger partial charge on any atom is -0.351 e. The van der Waals surface area contributed by atoms with Crippen molar-refractivity contribution in [1.82, 2.24) is 10.6 Å². The van der Waals surface area contributed by atoms with E-state index in [-0.39, 0.29) is 23.9 Å². The molecule has 2 N–H and O–H groups in total. The van der Waals surface area contributed by atoms with Crippen LogP contribution in [0.1, 0.15) is 29.0 Å². The molecule has 1 aliphatic rings. The van der Waals surface area contributed by atoms with Crippen molar-refractivity contribution in [3.8, 4) is 0 Å². The predicted octanol–water partition coefficient (Wildman–Crippen LogP) is 3.79. The molecule has 2 aromatic rings. The maximum Gasteiger partial charge on any atom is 0.416 e. The number of halogens is 5. The van der Waals surface area contributed by atoms with Gasteiger partial charge in [0.2, 0.25) is 5.91 Å². The molecular formula is C20H19F5N2O. The van der Waals surface area contributed by atoms with E-state index in [1.165, 1.54) is 18.2 Å². The number of hydrogen-bond donors (Lipinski definition) is 2. The molecule has 3 nitrogen and oxygen atoms in total. The Morgan fingerprint density at radius 1 is 1.11 bits per heavy atom. The van der Waals surface area contributed by atoms with Crippen LogP contribution in [-0.2, 0) is 17.4 Å². The third-order valence-electron chi connectivity index (χ3n) is 4.82. The molecule has 0 radical (unpaired) electrons. The van der Waals surface area contributed by atoms with Crippen LogP contribution in [0.15, 0.2) is 42.5 Å². The highest BCUT2D eigenvalue weighted by atomic mass is 19.4. The molecule has 0 bridgehead atoms. The summed E-state index contributed by atoms with van der Waals surface area (Å²) in [4.78, 5) is 12.4. The van der Waals surface area contributed by atoms with E-state index >= 15 is 0 Å². The second-order valence-electron chi connectivity index (χ2n) is 6.82. The van der Waals surface area contributed by atoms with Gasteiger partial charge in [-0.15, -0.1) is 0 Å². The van der Waals surface area contributed by atoms with Gasteiger partial charge in [-0.25, -0.2) is 8.78 Å². The van der Waals surface area contributed by atoms with Crippen molar-refractivity contribution >= 4 is 5.91 Å². The highest BCUT2D eigenvalue weighted by Crippen LogP contribution is 2.30. The molecule has 8 heteroatoms. The molecule has 150 valence electrons. The summed E-state index contributed by atoms with van der Waals surface area (Å²) in [6.45, 7) is 1.08. The Bertz CT molecular complexity index is 853. The summed E-state index contributed by atoms with van der Waals surface area (Å²) >= 11 is 0. The standard InChI is InChI=1S/C20H19F5N2O/c21-16-5-4-13(10-17(16)22)15-6-7-26-11-18(15)27-19(28)9-12-2-1-3-14(8-12)20(23,24)25/h1-5,8,10,15,18,26H,6-7,9,11H2,(H,27,28). The molecule has 28 heavy (non-hydrogen) atoms. The normalized spacial score (nSPS) is 20.0. The zero-order valence-electron chi connectivity index (χ0n) is 14.8. The van der Waals surface area contributed by atoms with E-state index < -0.39 is 29.3 Å². The van der Waals surface area contributed by atoms with Gasteiger partial charge < -0.3 is 10.6 Å². The first-order chi connectivity index (χ1) is 13.2. The van der Waals surface area contributed by atoms with Gasteiger partial charge in [0.25, 0.3) is 0 Å². The second-order valence-corrected chi connectivity index (χ2v) is 6.82. The van der Waals surface area contributed by atoms with E-state index in [1.807, 2.05) is 0 Å². The van der Waals surface area contributed by atoms with Crippen LogP contribution in [-0.4, -0.2) is 25.0 Å². The smallest absolute Gasteiger partial charge is 0.351 e. The summed E-state index contributed by atoms with van der Waals surface area (Å²) in [5, 5.41) is 5.94. The van der Waals surface area contributed by atoms with Gasteiger partial charge in [-0.3, -0.25) is 4.79 Å². The number of piperidine rings is 1. The number of hydrogen-bond acceptors (Lipinski definition) is 2. The third kappa shape index (κ3) is 4.86. The largest absolute Gasteiger partial charge is 0.416 e. The van der Waals surface area contributed by atoms with Gasteiger partial charge in [-0.05, 0) is 42.3 Å². The molecule has 0 saturated carbocycles. The Hall–Kier alpha value is -2.48. The Morgan fingerprint density at radius 2 is 1.89 bits per heavy atom. The van der Waals surface area contributed by atoms with Gasteiger partial charge in [0, 0.05) is 18.5 Å². The van der Waals surface area contributed by atoms with Crippen LogP contribution in [0.4, 0.5) is 22.0 Å². The number of nitrogens with one attached hydrogen (secondary N) is 2. The fourth-order valence-electron chi connectivity index (χ4n) is 3.45. The first kappa shape index (κ1) is 20.3. The fraction of sp³-hybridized carbons (Fsp3) is 0.350. The summed E-state index contributed by atoms with van der Waals surface area (Å²) in [6, 6.07) is 7.90. The summed E-state index contributed by atoms with van der Waals surface area (Å²) in [7, 11) is 0. The van der Waals surface area contributed by atoms with Crippen LogP contribution in [0.2, 0.25) is 0 Å². The second kappa shape index (κ2) is 8.26. The third-order valence-corrected chi connectivity index (χ3v) is 4.82. The number of amides is 1. The maximum absolute atomic E-state index is 13.6. The van der Waals surface area contributed by atoms with Crippen molar-refractivity contribution in [1.29, 1.82) is 0 Å². The van der Waals surface area contributed by atoms with E-state index in [2.05, 4.69) is 10.6 Å². The van der Waals surface area contributed by atoms with Gasteiger partial charge >= 0.3 is 6.18 Å². The van der Waals surface area contributed by atoms with Crippen LogP contribution in [0.3, 0.4) is 0 Å². The Kier molecular flexibility index (Phi) is 5.98. The lowest BCUT2D eigenvalue weighted by molar-refractivity contribution is -0.137. The average Bonchev–Trinajstić information content (AvgIpc) is 2.64. The molecule has 1 amide bonds. The minimum absolute atomic E-state index is 0.203. The van der Waals surface area contributed by atoms with Crippen LogP contribution in [0.5, 0.6) is 0 Å². The van der Waals surface area contributed by atoms with Crippen molar-refractivity contribution in [2.75, 3.05) is 13.1 Å². The average molecular weight is 398 g/mol. The predicted molar refractivity (Wildman–Crippen MR) is 93.7 cm³/mol. The van der Waals surface area contributed by atoms with Gasteiger partial charge in [-0.1, -0.05) is 24.3 Å². The molecule has 1 aliphatic heterocycles. The molecule has 2 atom stereocenters. The van der Waals surface area contributed by atoms with Crippen LogP contribution in [0.25, 0.3) is 0 Å². The number of alkyl halides is 3. The van der Waals surface area contributed by atoms with E-state index in [0.717, 1.165) is 24.3 Å². The highest BCUT2D eigenvalue weighted by Gasteiger charge is 2.31. The maximum atomic E-state index is 13.6.